The summed E-state index contributed by atoms with van der Waals surface area (Å²) in [4.78, 5) is 0. The Balaban J connectivity index is 2.26. The van der Waals surface area contributed by atoms with Gasteiger partial charge in [0, 0.05) is 6.04 Å². The molecule has 1 atom stereocenters. The average Bonchev–Trinajstić information content (AvgIpc) is 2.99. The number of hydrogen-bond acceptors (Lipinski definition) is 1. The zero-order valence-electron chi connectivity index (χ0n) is 10.2. The van der Waals surface area contributed by atoms with Crippen LogP contribution in [0.15, 0.2) is 0 Å². The van der Waals surface area contributed by atoms with Crippen LogP contribution in [0.4, 0.5) is 0 Å². The summed E-state index contributed by atoms with van der Waals surface area (Å²) >= 11 is 0. The number of hydrogen-bond donors (Lipinski definition) is 1. The highest BCUT2D eigenvalue weighted by molar-refractivity contribution is 4.79. The molecule has 1 N–H and O–H groups in total. The molecule has 0 aromatic carbocycles. The van der Waals surface area contributed by atoms with Crippen LogP contribution in [-0.2, 0) is 0 Å². The van der Waals surface area contributed by atoms with Gasteiger partial charge in [-0.1, -0.05) is 46.5 Å². The molecule has 1 unspecified atom stereocenters. The van der Waals surface area contributed by atoms with E-state index in [0.717, 1.165) is 24.4 Å². The third-order valence-electron chi connectivity index (χ3n) is 3.67. The highest BCUT2D eigenvalue weighted by Gasteiger charge is 2.24. The molecule has 0 spiro atoms. The lowest BCUT2D eigenvalue weighted by atomic mass is 9.90. The molecule has 1 aliphatic carbocycles. The van der Waals surface area contributed by atoms with Crippen LogP contribution in [0, 0.1) is 11.8 Å². The quantitative estimate of drug-likeness (QED) is 0.627. The van der Waals surface area contributed by atoms with Gasteiger partial charge < -0.3 is 5.32 Å². The molecule has 0 aromatic heterocycles. The number of rotatable bonds is 8. The smallest absolute Gasteiger partial charge is 0.00951 e. The van der Waals surface area contributed by atoms with Crippen molar-refractivity contribution in [3.8, 4) is 0 Å². The standard InChI is InChI=1S/C13H27N/c1-4-12(5-2)13(14-6-3)10-9-11-7-8-11/h11-14H,4-10H2,1-3H3. The second-order valence-electron chi connectivity index (χ2n) is 4.76. The molecule has 1 aliphatic rings. The van der Waals surface area contributed by atoms with E-state index in [2.05, 4.69) is 26.1 Å². The summed E-state index contributed by atoms with van der Waals surface area (Å²) in [6, 6.07) is 0.788. The lowest BCUT2D eigenvalue weighted by Crippen LogP contribution is -2.35. The molecule has 0 radical (unpaired) electrons. The lowest BCUT2D eigenvalue weighted by molar-refractivity contribution is 0.313. The van der Waals surface area contributed by atoms with Gasteiger partial charge in [-0.2, -0.15) is 0 Å². The van der Waals surface area contributed by atoms with Crippen molar-refractivity contribution in [3.63, 3.8) is 0 Å². The van der Waals surface area contributed by atoms with Crippen LogP contribution < -0.4 is 5.32 Å². The molecule has 0 heterocycles. The summed E-state index contributed by atoms with van der Waals surface area (Å²) in [6.45, 7) is 8.02. The predicted molar refractivity (Wildman–Crippen MR) is 63.5 cm³/mol. The topological polar surface area (TPSA) is 12.0 Å². The molecule has 1 heteroatoms. The normalized spacial score (nSPS) is 18.9. The molecule has 1 saturated carbocycles. The minimum Gasteiger partial charge on any atom is -0.314 e. The van der Waals surface area contributed by atoms with Crippen molar-refractivity contribution in [2.75, 3.05) is 6.54 Å². The fourth-order valence-electron chi connectivity index (χ4n) is 2.45. The van der Waals surface area contributed by atoms with Crippen LogP contribution in [0.25, 0.3) is 0 Å². The fourth-order valence-corrected chi connectivity index (χ4v) is 2.45. The first kappa shape index (κ1) is 12.0. The summed E-state index contributed by atoms with van der Waals surface area (Å²) in [5.41, 5.74) is 0. The zero-order chi connectivity index (χ0) is 10.4. The van der Waals surface area contributed by atoms with Crippen LogP contribution in [0.3, 0.4) is 0 Å². The summed E-state index contributed by atoms with van der Waals surface area (Å²) < 4.78 is 0. The Hall–Kier alpha value is -0.0400. The zero-order valence-corrected chi connectivity index (χ0v) is 10.2. The average molecular weight is 197 g/mol. The van der Waals surface area contributed by atoms with Gasteiger partial charge in [-0.15, -0.1) is 0 Å². The lowest BCUT2D eigenvalue weighted by Gasteiger charge is -2.26. The van der Waals surface area contributed by atoms with Crippen LogP contribution in [0.1, 0.15) is 59.3 Å². The maximum atomic E-state index is 3.67. The monoisotopic (exact) mass is 197 g/mol. The molecule has 14 heavy (non-hydrogen) atoms. The Morgan fingerprint density at radius 2 is 1.79 bits per heavy atom. The maximum Gasteiger partial charge on any atom is 0.00951 e. The molecular weight excluding hydrogens is 170 g/mol. The van der Waals surface area contributed by atoms with Crippen LogP contribution in [0.2, 0.25) is 0 Å². The molecule has 0 saturated heterocycles. The van der Waals surface area contributed by atoms with Crippen LogP contribution >= 0.6 is 0 Å². The van der Waals surface area contributed by atoms with Crippen molar-refractivity contribution in [2.24, 2.45) is 11.8 Å². The minimum atomic E-state index is 0.788. The molecule has 0 aromatic rings. The maximum absolute atomic E-state index is 3.67. The highest BCUT2D eigenvalue weighted by Crippen LogP contribution is 2.34. The Bertz CT molecular complexity index is 136. The highest BCUT2D eigenvalue weighted by atomic mass is 14.9. The van der Waals surface area contributed by atoms with E-state index < -0.39 is 0 Å². The molecule has 1 nitrogen and oxygen atoms in total. The molecule has 1 fully saturated rings. The number of nitrogens with one attached hydrogen (secondary N) is 1. The van der Waals surface area contributed by atoms with Crippen molar-refractivity contribution in [1.29, 1.82) is 0 Å². The molecule has 0 bridgehead atoms. The Kier molecular flexibility index (Phi) is 5.54. The molecule has 0 amide bonds. The van der Waals surface area contributed by atoms with Crippen molar-refractivity contribution < 1.29 is 0 Å². The predicted octanol–water partition coefficient (Wildman–Crippen LogP) is 3.59. The van der Waals surface area contributed by atoms with Gasteiger partial charge >= 0.3 is 0 Å². The largest absolute Gasteiger partial charge is 0.314 e. The molecule has 84 valence electrons. The van der Waals surface area contributed by atoms with Gasteiger partial charge in [0.15, 0.2) is 0 Å². The Morgan fingerprint density at radius 3 is 2.21 bits per heavy atom. The van der Waals surface area contributed by atoms with E-state index in [1.165, 1.54) is 38.5 Å². The van der Waals surface area contributed by atoms with Gasteiger partial charge in [-0.3, -0.25) is 0 Å². The summed E-state index contributed by atoms with van der Waals surface area (Å²) in [5.74, 6) is 1.99. The molecule has 1 rings (SSSR count). The minimum absolute atomic E-state index is 0.788. The van der Waals surface area contributed by atoms with Gasteiger partial charge in [0.25, 0.3) is 0 Å². The first-order valence-electron chi connectivity index (χ1n) is 6.55. The Morgan fingerprint density at radius 1 is 1.14 bits per heavy atom. The second-order valence-corrected chi connectivity index (χ2v) is 4.76. The summed E-state index contributed by atoms with van der Waals surface area (Å²) in [6.07, 6.45) is 8.54. The molecular formula is C13H27N. The van der Waals surface area contributed by atoms with Gasteiger partial charge in [0.1, 0.15) is 0 Å². The van der Waals surface area contributed by atoms with Crippen molar-refractivity contribution in [3.05, 3.63) is 0 Å². The third-order valence-corrected chi connectivity index (χ3v) is 3.67. The van der Waals surface area contributed by atoms with E-state index in [4.69, 9.17) is 0 Å². The van der Waals surface area contributed by atoms with Crippen LogP contribution in [-0.4, -0.2) is 12.6 Å². The van der Waals surface area contributed by atoms with Gasteiger partial charge in [-0.05, 0) is 31.2 Å². The SMILES string of the molecule is CCNC(CCC1CC1)C(CC)CC. The molecule has 0 aliphatic heterocycles. The van der Waals surface area contributed by atoms with Gasteiger partial charge in [0.2, 0.25) is 0 Å². The first-order valence-corrected chi connectivity index (χ1v) is 6.55. The first-order chi connectivity index (χ1) is 6.81. The van der Waals surface area contributed by atoms with Crippen molar-refractivity contribution >= 4 is 0 Å². The van der Waals surface area contributed by atoms with E-state index in [9.17, 15) is 0 Å². The van der Waals surface area contributed by atoms with E-state index in [-0.39, 0.29) is 0 Å². The van der Waals surface area contributed by atoms with Crippen molar-refractivity contribution in [1.82, 2.24) is 5.32 Å². The van der Waals surface area contributed by atoms with Crippen LogP contribution in [0.5, 0.6) is 0 Å². The fraction of sp³-hybridized carbons (Fsp3) is 1.00. The summed E-state index contributed by atoms with van der Waals surface area (Å²) in [5, 5.41) is 3.67. The van der Waals surface area contributed by atoms with E-state index >= 15 is 0 Å². The summed E-state index contributed by atoms with van der Waals surface area (Å²) in [7, 11) is 0. The third kappa shape index (κ3) is 4.00. The van der Waals surface area contributed by atoms with Gasteiger partial charge in [-0.25, -0.2) is 0 Å². The Labute approximate surface area is 89.7 Å². The van der Waals surface area contributed by atoms with E-state index in [0.29, 0.717) is 0 Å². The van der Waals surface area contributed by atoms with Gasteiger partial charge in [0.05, 0.1) is 0 Å². The van der Waals surface area contributed by atoms with Crippen molar-refractivity contribution in [2.45, 2.75) is 65.3 Å². The van der Waals surface area contributed by atoms with E-state index in [1.807, 2.05) is 0 Å². The second kappa shape index (κ2) is 6.44. The van der Waals surface area contributed by atoms with E-state index in [1.54, 1.807) is 0 Å².